The fourth-order valence-electron chi connectivity index (χ4n) is 1.71. The third-order valence-electron chi connectivity index (χ3n) is 2.68. The first-order chi connectivity index (χ1) is 10.0. The summed E-state index contributed by atoms with van der Waals surface area (Å²) in [6, 6.07) is 5.22. The minimum atomic E-state index is -3.95. The SMILES string of the molecule is CCNCc1ccc(F)cc1S(=O)(=O)Nc1ncccn1. The number of benzene rings is 1. The second-order valence-corrected chi connectivity index (χ2v) is 5.86. The fraction of sp³-hybridized carbons (Fsp3) is 0.231. The predicted octanol–water partition coefficient (Wildman–Crippen LogP) is 1.53. The summed E-state index contributed by atoms with van der Waals surface area (Å²) < 4.78 is 40.3. The Morgan fingerprint density at radius 3 is 2.62 bits per heavy atom. The van der Waals surface area contributed by atoms with Gasteiger partial charge in [-0.15, -0.1) is 0 Å². The maximum atomic E-state index is 13.4. The van der Waals surface area contributed by atoms with E-state index in [1.165, 1.54) is 24.5 Å². The lowest BCUT2D eigenvalue weighted by atomic mass is 10.2. The zero-order chi connectivity index (χ0) is 15.3. The summed E-state index contributed by atoms with van der Waals surface area (Å²) in [5, 5.41) is 3.01. The standard InChI is InChI=1S/C13H15FN4O2S/c1-2-15-9-10-4-5-11(14)8-12(10)21(19,20)18-13-16-6-3-7-17-13/h3-8,15H,2,9H2,1H3,(H,16,17,18). The van der Waals surface area contributed by atoms with Gasteiger partial charge >= 0.3 is 0 Å². The van der Waals surface area contributed by atoms with Crippen LogP contribution in [0.4, 0.5) is 10.3 Å². The molecule has 2 rings (SSSR count). The molecule has 0 bridgehead atoms. The van der Waals surface area contributed by atoms with Crippen molar-refractivity contribution in [3.63, 3.8) is 0 Å². The Labute approximate surface area is 122 Å². The van der Waals surface area contributed by atoms with E-state index in [1.807, 2.05) is 6.92 Å². The molecule has 0 fully saturated rings. The van der Waals surface area contributed by atoms with E-state index >= 15 is 0 Å². The molecule has 0 atom stereocenters. The topological polar surface area (TPSA) is 84.0 Å². The highest BCUT2D eigenvalue weighted by Crippen LogP contribution is 2.19. The Balaban J connectivity index is 2.36. The van der Waals surface area contributed by atoms with E-state index in [-0.39, 0.29) is 10.8 Å². The number of anilines is 1. The first-order valence-corrected chi connectivity index (χ1v) is 7.80. The number of hydrogen-bond donors (Lipinski definition) is 2. The summed E-state index contributed by atoms with van der Waals surface area (Å²) in [6.07, 6.45) is 2.83. The van der Waals surface area contributed by atoms with Crippen molar-refractivity contribution >= 4 is 16.0 Å². The molecule has 0 radical (unpaired) electrons. The van der Waals surface area contributed by atoms with Crippen molar-refractivity contribution in [3.8, 4) is 0 Å². The number of sulfonamides is 1. The van der Waals surface area contributed by atoms with Gasteiger partial charge in [0.15, 0.2) is 0 Å². The molecule has 0 saturated carbocycles. The van der Waals surface area contributed by atoms with Crippen molar-refractivity contribution in [2.45, 2.75) is 18.4 Å². The van der Waals surface area contributed by atoms with Gasteiger partial charge in [-0.05, 0) is 30.3 Å². The van der Waals surface area contributed by atoms with Gasteiger partial charge in [0.05, 0.1) is 4.90 Å². The summed E-state index contributed by atoms with van der Waals surface area (Å²) in [4.78, 5) is 7.46. The van der Waals surface area contributed by atoms with Crippen LogP contribution in [0.25, 0.3) is 0 Å². The van der Waals surface area contributed by atoms with Crippen LogP contribution in [0.15, 0.2) is 41.6 Å². The number of aromatic nitrogens is 2. The van der Waals surface area contributed by atoms with Gasteiger partial charge in [0.2, 0.25) is 5.95 Å². The zero-order valence-electron chi connectivity index (χ0n) is 11.4. The van der Waals surface area contributed by atoms with E-state index in [9.17, 15) is 12.8 Å². The summed E-state index contributed by atoms with van der Waals surface area (Å²) in [5.74, 6) is -0.680. The molecular weight excluding hydrogens is 295 g/mol. The molecule has 0 aliphatic rings. The minimum absolute atomic E-state index is 0.0591. The molecule has 1 aromatic heterocycles. The smallest absolute Gasteiger partial charge is 0.264 e. The van der Waals surface area contributed by atoms with E-state index in [4.69, 9.17) is 0 Å². The molecule has 2 aromatic rings. The van der Waals surface area contributed by atoms with Gasteiger partial charge in [0, 0.05) is 18.9 Å². The summed E-state index contributed by atoms with van der Waals surface area (Å²) in [6.45, 7) is 2.89. The number of hydrogen-bond acceptors (Lipinski definition) is 5. The van der Waals surface area contributed by atoms with E-state index in [1.54, 1.807) is 6.07 Å². The van der Waals surface area contributed by atoms with Crippen molar-refractivity contribution in [2.75, 3.05) is 11.3 Å². The van der Waals surface area contributed by atoms with Gasteiger partial charge in [-0.2, -0.15) is 0 Å². The summed E-state index contributed by atoms with van der Waals surface area (Å²) in [5.41, 5.74) is 0.474. The second-order valence-electron chi connectivity index (χ2n) is 4.21. The van der Waals surface area contributed by atoms with Crippen LogP contribution in [-0.2, 0) is 16.6 Å². The molecule has 0 saturated heterocycles. The van der Waals surface area contributed by atoms with Crippen LogP contribution in [0.3, 0.4) is 0 Å². The van der Waals surface area contributed by atoms with Crippen LogP contribution in [0, 0.1) is 5.82 Å². The van der Waals surface area contributed by atoms with Crippen molar-refractivity contribution in [2.24, 2.45) is 0 Å². The first-order valence-electron chi connectivity index (χ1n) is 6.32. The van der Waals surface area contributed by atoms with Crippen molar-refractivity contribution in [1.29, 1.82) is 0 Å². The van der Waals surface area contributed by atoms with Crippen LogP contribution in [0.1, 0.15) is 12.5 Å². The monoisotopic (exact) mass is 310 g/mol. The number of halogens is 1. The normalized spacial score (nSPS) is 11.3. The number of nitrogens with zero attached hydrogens (tertiary/aromatic N) is 2. The molecule has 0 spiro atoms. The average molecular weight is 310 g/mol. The lowest BCUT2D eigenvalue weighted by molar-refractivity contribution is 0.590. The first kappa shape index (κ1) is 15.3. The van der Waals surface area contributed by atoms with Crippen LogP contribution in [0.5, 0.6) is 0 Å². The predicted molar refractivity (Wildman–Crippen MR) is 76.6 cm³/mol. The Hall–Kier alpha value is -2.06. The van der Waals surface area contributed by atoms with Gasteiger partial charge in [0.25, 0.3) is 10.0 Å². The Bertz CT molecular complexity index is 707. The van der Waals surface area contributed by atoms with Crippen LogP contribution in [0.2, 0.25) is 0 Å². The Morgan fingerprint density at radius 1 is 1.24 bits per heavy atom. The molecular formula is C13H15FN4O2S. The molecule has 6 nitrogen and oxygen atoms in total. The van der Waals surface area contributed by atoms with Crippen molar-refractivity contribution < 1.29 is 12.8 Å². The highest BCUT2D eigenvalue weighted by Gasteiger charge is 2.20. The van der Waals surface area contributed by atoms with E-state index < -0.39 is 15.8 Å². The third-order valence-corrected chi connectivity index (χ3v) is 4.09. The molecule has 112 valence electrons. The highest BCUT2D eigenvalue weighted by atomic mass is 32.2. The minimum Gasteiger partial charge on any atom is -0.313 e. The molecule has 1 aromatic carbocycles. The van der Waals surface area contributed by atoms with Crippen LogP contribution < -0.4 is 10.0 Å². The summed E-state index contributed by atoms with van der Waals surface area (Å²) in [7, 11) is -3.95. The highest BCUT2D eigenvalue weighted by molar-refractivity contribution is 7.92. The molecule has 1 heterocycles. The van der Waals surface area contributed by atoms with E-state index in [2.05, 4.69) is 20.0 Å². The van der Waals surface area contributed by atoms with E-state index in [0.29, 0.717) is 18.7 Å². The fourth-order valence-corrected chi connectivity index (χ4v) is 2.92. The summed E-state index contributed by atoms with van der Waals surface area (Å²) >= 11 is 0. The molecule has 8 heteroatoms. The van der Waals surface area contributed by atoms with Crippen molar-refractivity contribution in [1.82, 2.24) is 15.3 Å². The number of rotatable bonds is 6. The van der Waals surface area contributed by atoms with Gasteiger partial charge < -0.3 is 5.32 Å². The second kappa shape index (κ2) is 6.59. The lowest BCUT2D eigenvalue weighted by Crippen LogP contribution is -2.20. The number of nitrogens with one attached hydrogen (secondary N) is 2. The molecule has 0 aliphatic carbocycles. The maximum absolute atomic E-state index is 13.4. The Kier molecular flexibility index (Phi) is 4.81. The molecule has 0 amide bonds. The van der Waals surface area contributed by atoms with E-state index in [0.717, 1.165) is 6.07 Å². The molecule has 0 aliphatic heterocycles. The largest absolute Gasteiger partial charge is 0.313 e. The lowest BCUT2D eigenvalue weighted by Gasteiger charge is -2.11. The average Bonchev–Trinajstić information content (AvgIpc) is 2.46. The zero-order valence-corrected chi connectivity index (χ0v) is 12.2. The van der Waals surface area contributed by atoms with Gasteiger partial charge in [-0.1, -0.05) is 13.0 Å². The van der Waals surface area contributed by atoms with Gasteiger partial charge in [-0.3, -0.25) is 0 Å². The third kappa shape index (κ3) is 3.96. The quantitative estimate of drug-likeness (QED) is 0.845. The van der Waals surface area contributed by atoms with Crippen molar-refractivity contribution in [3.05, 3.63) is 48.0 Å². The van der Waals surface area contributed by atoms with Gasteiger partial charge in [0.1, 0.15) is 5.82 Å². The Morgan fingerprint density at radius 2 is 1.95 bits per heavy atom. The van der Waals surface area contributed by atoms with Crippen LogP contribution >= 0.6 is 0 Å². The van der Waals surface area contributed by atoms with Crippen LogP contribution in [-0.4, -0.2) is 24.9 Å². The molecule has 21 heavy (non-hydrogen) atoms. The molecule has 2 N–H and O–H groups in total. The maximum Gasteiger partial charge on any atom is 0.264 e. The molecule has 0 unspecified atom stereocenters. The van der Waals surface area contributed by atoms with Gasteiger partial charge in [-0.25, -0.2) is 27.5 Å².